The van der Waals surface area contributed by atoms with Crippen LogP contribution in [0.3, 0.4) is 0 Å². The Labute approximate surface area is 177 Å². The molecule has 0 radical (unpaired) electrons. The van der Waals surface area contributed by atoms with Gasteiger partial charge in [-0.1, -0.05) is 25.1 Å². The van der Waals surface area contributed by atoms with E-state index in [-0.39, 0.29) is 11.8 Å². The van der Waals surface area contributed by atoms with Crippen LogP contribution in [0.25, 0.3) is 11.3 Å². The molecule has 0 unspecified atom stereocenters. The first-order chi connectivity index (χ1) is 14.7. The van der Waals surface area contributed by atoms with E-state index in [1.807, 2.05) is 66.6 Å². The number of likely N-dealkylation sites (tertiary alicyclic amines) is 1. The molecule has 2 aromatic heterocycles. The number of nitrogens with zero attached hydrogens (tertiary/aromatic N) is 4. The number of rotatable bonds is 6. The molecule has 6 heteroatoms. The molecule has 6 nitrogen and oxygen atoms in total. The van der Waals surface area contributed by atoms with Gasteiger partial charge in [-0.3, -0.25) is 9.78 Å². The van der Waals surface area contributed by atoms with E-state index in [0.717, 1.165) is 54.4 Å². The molecule has 0 aliphatic carbocycles. The summed E-state index contributed by atoms with van der Waals surface area (Å²) in [5.74, 6) is 1.89. The smallest absolute Gasteiger partial charge is 0.222 e. The Hall–Kier alpha value is -3.28. The van der Waals surface area contributed by atoms with Crippen molar-refractivity contribution in [3.63, 3.8) is 0 Å². The SMILES string of the molecule is CCCC(=O)N1CCC[C@H](c2nc(Nc3ccccc3)cc(-c3cccnc3)n2)C1. The lowest BCUT2D eigenvalue weighted by Crippen LogP contribution is -2.39. The van der Waals surface area contributed by atoms with E-state index in [4.69, 9.17) is 9.97 Å². The summed E-state index contributed by atoms with van der Waals surface area (Å²) in [5.41, 5.74) is 2.76. The van der Waals surface area contributed by atoms with Crippen molar-refractivity contribution in [2.45, 2.75) is 38.5 Å². The van der Waals surface area contributed by atoms with E-state index < -0.39 is 0 Å². The second kappa shape index (κ2) is 9.48. The van der Waals surface area contributed by atoms with E-state index in [1.54, 1.807) is 6.20 Å². The Morgan fingerprint density at radius 2 is 2.03 bits per heavy atom. The van der Waals surface area contributed by atoms with Crippen molar-refractivity contribution in [3.05, 3.63) is 66.7 Å². The number of piperidine rings is 1. The summed E-state index contributed by atoms with van der Waals surface area (Å²) in [5, 5.41) is 3.40. The summed E-state index contributed by atoms with van der Waals surface area (Å²) in [6.45, 7) is 3.55. The van der Waals surface area contributed by atoms with E-state index in [0.29, 0.717) is 13.0 Å². The lowest BCUT2D eigenvalue weighted by molar-refractivity contribution is -0.132. The van der Waals surface area contributed by atoms with Crippen LogP contribution >= 0.6 is 0 Å². The van der Waals surface area contributed by atoms with Crippen LogP contribution in [0.1, 0.15) is 44.3 Å². The molecule has 1 atom stereocenters. The summed E-state index contributed by atoms with van der Waals surface area (Å²) >= 11 is 0. The normalized spacial score (nSPS) is 16.3. The third-order valence-corrected chi connectivity index (χ3v) is 5.35. The Kier molecular flexibility index (Phi) is 6.32. The molecule has 3 aromatic rings. The first kappa shape index (κ1) is 20.0. The highest BCUT2D eigenvalue weighted by Gasteiger charge is 2.27. The van der Waals surface area contributed by atoms with Gasteiger partial charge in [0.1, 0.15) is 11.6 Å². The highest BCUT2D eigenvalue weighted by Crippen LogP contribution is 2.29. The van der Waals surface area contributed by atoms with Crippen LogP contribution in [0.2, 0.25) is 0 Å². The monoisotopic (exact) mass is 401 g/mol. The van der Waals surface area contributed by atoms with Gasteiger partial charge >= 0.3 is 0 Å². The van der Waals surface area contributed by atoms with E-state index in [9.17, 15) is 4.79 Å². The van der Waals surface area contributed by atoms with Gasteiger partial charge in [-0.05, 0) is 43.5 Å². The summed E-state index contributed by atoms with van der Waals surface area (Å²) in [6.07, 6.45) is 7.00. The lowest BCUT2D eigenvalue weighted by atomic mass is 9.96. The Morgan fingerprint density at radius 3 is 2.80 bits per heavy atom. The van der Waals surface area contributed by atoms with Gasteiger partial charge in [0.15, 0.2) is 0 Å². The highest BCUT2D eigenvalue weighted by molar-refractivity contribution is 5.76. The van der Waals surface area contributed by atoms with E-state index in [1.165, 1.54) is 0 Å². The molecule has 0 saturated carbocycles. The zero-order valence-electron chi connectivity index (χ0n) is 17.3. The maximum atomic E-state index is 12.4. The number of pyridine rings is 1. The second-order valence-electron chi connectivity index (χ2n) is 7.66. The number of hydrogen-bond acceptors (Lipinski definition) is 5. The summed E-state index contributed by atoms with van der Waals surface area (Å²) in [4.78, 5) is 28.4. The third-order valence-electron chi connectivity index (χ3n) is 5.35. The zero-order chi connectivity index (χ0) is 20.8. The van der Waals surface area contributed by atoms with Crippen molar-refractivity contribution >= 4 is 17.4 Å². The van der Waals surface area contributed by atoms with E-state index in [2.05, 4.69) is 10.3 Å². The lowest BCUT2D eigenvalue weighted by Gasteiger charge is -2.32. The molecule has 30 heavy (non-hydrogen) atoms. The number of benzene rings is 1. The largest absolute Gasteiger partial charge is 0.342 e. The number of carbonyl (C=O) groups excluding carboxylic acids is 1. The predicted octanol–water partition coefficient (Wildman–Crippen LogP) is 4.79. The van der Waals surface area contributed by atoms with Gasteiger partial charge in [0, 0.05) is 55.1 Å². The third kappa shape index (κ3) is 4.82. The van der Waals surface area contributed by atoms with Gasteiger partial charge in [0.2, 0.25) is 5.91 Å². The minimum Gasteiger partial charge on any atom is -0.342 e. The van der Waals surface area contributed by atoms with Crippen LogP contribution in [0.15, 0.2) is 60.9 Å². The maximum absolute atomic E-state index is 12.4. The van der Waals surface area contributed by atoms with Crippen molar-refractivity contribution in [2.75, 3.05) is 18.4 Å². The first-order valence-electron chi connectivity index (χ1n) is 10.6. The van der Waals surface area contributed by atoms with Crippen molar-refractivity contribution in [1.29, 1.82) is 0 Å². The van der Waals surface area contributed by atoms with Crippen molar-refractivity contribution < 1.29 is 4.79 Å². The number of amides is 1. The minimum absolute atomic E-state index is 0.132. The molecule has 4 rings (SSSR count). The van der Waals surface area contributed by atoms with E-state index >= 15 is 0 Å². The van der Waals surface area contributed by atoms with Gasteiger partial charge in [-0.2, -0.15) is 0 Å². The quantitative estimate of drug-likeness (QED) is 0.643. The minimum atomic E-state index is 0.132. The number of aromatic nitrogens is 3. The molecule has 154 valence electrons. The molecule has 1 aromatic carbocycles. The Bertz CT molecular complexity index is 977. The van der Waals surface area contributed by atoms with Crippen LogP contribution in [0.4, 0.5) is 11.5 Å². The maximum Gasteiger partial charge on any atom is 0.222 e. The molecule has 1 aliphatic heterocycles. The van der Waals surface area contributed by atoms with Gasteiger partial charge in [-0.25, -0.2) is 9.97 Å². The molecule has 1 N–H and O–H groups in total. The van der Waals surface area contributed by atoms with Gasteiger partial charge in [-0.15, -0.1) is 0 Å². The fourth-order valence-corrected chi connectivity index (χ4v) is 3.83. The fourth-order valence-electron chi connectivity index (χ4n) is 3.83. The van der Waals surface area contributed by atoms with Crippen LogP contribution < -0.4 is 5.32 Å². The van der Waals surface area contributed by atoms with Gasteiger partial charge < -0.3 is 10.2 Å². The molecule has 1 fully saturated rings. The van der Waals surface area contributed by atoms with Crippen LogP contribution in [-0.4, -0.2) is 38.8 Å². The van der Waals surface area contributed by atoms with Crippen molar-refractivity contribution in [3.8, 4) is 11.3 Å². The van der Waals surface area contributed by atoms with Crippen LogP contribution in [0, 0.1) is 0 Å². The molecule has 1 aliphatic rings. The van der Waals surface area contributed by atoms with Gasteiger partial charge in [0.05, 0.1) is 5.69 Å². The molecule has 0 spiro atoms. The van der Waals surface area contributed by atoms with Crippen molar-refractivity contribution in [2.24, 2.45) is 0 Å². The summed E-state index contributed by atoms with van der Waals surface area (Å²) in [7, 11) is 0. The molecular formula is C24H27N5O. The standard InChI is InChI=1S/C24H27N5O/c1-2-8-23(30)29-14-7-10-19(17-29)24-27-21(18-9-6-13-25-16-18)15-22(28-24)26-20-11-4-3-5-12-20/h3-6,9,11-13,15-16,19H,2,7-8,10,14,17H2,1H3,(H,26,27,28)/t19-/m0/s1. The molecule has 3 heterocycles. The number of nitrogens with one attached hydrogen (secondary N) is 1. The number of anilines is 2. The molecule has 0 bridgehead atoms. The summed E-state index contributed by atoms with van der Waals surface area (Å²) < 4.78 is 0. The Morgan fingerprint density at radius 1 is 1.17 bits per heavy atom. The fraction of sp³-hybridized carbons (Fsp3) is 0.333. The molecular weight excluding hydrogens is 374 g/mol. The average molecular weight is 402 g/mol. The average Bonchev–Trinajstić information content (AvgIpc) is 2.80. The van der Waals surface area contributed by atoms with Crippen LogP contribution in [0.5, 0.6) is 0 Å². The molecule has 1 saturated heterocycles. The number of para-hydroxylation sites is 1. The Balaban J connectivity index is 1.66. The number of carbonyl (C=O) groups is 1. The van der Waals surface area contributed by atoms with Crippen LogP contribution in [-0.2, 0) is 4.79 Å². The summed E-state index contributed by atoms with van der Waals surface area (Å²) in [6, 6.07) is 15.9. The van der Waals surface area contributed by atoms with Gasteiger partial charge in [0.25, 0.3) is 0 Å². The molecule has 1 amide bonds. The first-order valence-corrected chi connectivity index (χ1v) is 10.6. The number of hydrogen-bond donors (Lipinski definition) is 1. The zero-order valence-corrected chi connectivity index (χ0v) is 17.3. The predicted molar refractivity (Wildman–Crippen MR) is 118 cm³/mol. The van der Waals surface area contributed by atoms with Crippen molar-refractivity contribution in [1.82, 2.24) is 19.9 Å². The topological polar surface area (TPSA) is 71.0 Å². The second-order valence-corrected chi connectivity index (χ2v) is 7.66. The highest BCUT2D eigenvalue weighted by atomic mass is 16.2.